The fourth-order valence-electron chi connectivity index (χ4n) is 3.44. The van der Waals surface area contributed by atoms with Crippen LogP contribution >= 0.6 is 11.6 Å². The van der Waals surface area contributed by atoms with Crippen molar-refractivity contribution < 1.29 is 13.2 Å². The molecule has 2 saturated heterocycles. The highest BCUT2D eigenvalue weighted by Gasteiger charge is 2.30. The van der Waals surface area contributed by atoms with E-state index in [1.54, 1.807) is 17.0 Å². The summed E-state index contributed by atoms with van der Waals surface area (Å²) >= 11 is 5.83. The summed E-state index contributed by atoms with van der Waals surface area (Å²) in [6.07, 6.45) is 2.28. The molecule has 1 aromatic carbocycles. The first-order valence-corrected chi connectivity index (χ1v) is 10.9. The molecule has 2 heterocycles. The SMILES string of the molecule is CC1CCN(CC(=O)N2CCN(S(=O)(=O)c3ccc(Cl)cc3)CC2)CC1. The molecular formula is C18H26ClN3O3S. The predicted molar refractivity (Wildman–Crippen MR) is 102 cm³/mol. The Labute approximate surface area is 160 Å². The molecule has 2 fully saturated rings. The Hall–Kier alpha value is -1.15. The van der Waals surface area contributed by atoms with Crippen molar-refractivity contribution >= 4 is 27.5 Å². The van der Waals surface area contributed by atoms with Crippen molar-refractivity contribution in [2.75, 3.05) is 45.8 Å². The van der Waals surface area contributed by atoms with Crippen LogP contribution in [0.5, 0.6) is 0 Å². The average Bonchev–Trinajstić information content (AvgIpc) is 2.64. The van der Waals surface area contributed by atoms with Crippen LogP contribution in [0.15, 0.2) is 29.2 Å². The number of benzene rings is 1. The summed E-state index contributed by atoms with van der Waals surface area (Å²) in [5, 5.41) is 0.506. The fourth-order valence-corrected chi connectivity index (χ4v) is 4.99. The van der Waals surface area contributed by atoms with Crippen LogP contribution in [0.2, 0.25) is 5.02 Å². The van der Waals surface area contributed by atoms with E-state index in [9.17, 15) is 13.2 Å². The molecule has 2 aliphatic rings. The number of likely N-dealkylation sites (tertiary alicyclic amines) is 1. The largest absolute Gasteiger partial charge is 0.339 e. The van der Waals surface area contributed by atoms with Crippen molar-refractivity contribution in [1.82, 2.24) is 14.1 Å². The van der Waals surface area contributed by atoms with E-state index in [0.717, 1.165) is 31.8 Å². The van der Waals surface area contributed by atoms with Crippen LogP contribution < -0.4 is 0 Å². The normalized spacial score (nSPS) is 21.1. The number of amides is 1. The van der Waals surface area contributed by atoms with Crippen molar-refractivity contribution in [2.24, 2.45) is 5.92 Å². The zero-order valence-corrected chi connectivity index (χ0v) is 16.7. The van der Waals surface area contributed by atoms with Gasteiger partial charge in [0.1, 0.15) is 0 Å². The lowest BCUT2D eigenvalue weighted by Crippen LogP contribution is -2.53. The first-order chi connectivity index (χ1) is 12.4. The molecule has 0 bridgehead atoms. The van der Waals surface area contributed by atoms with Gasteiger partial charge in [0.05, 0.1) is 11.4 Å². The van der Waals surface area contributed by atoms with E-state index in [-0.39, 0.29) is 10.8 Å². The molecule has 144 valence electrons. The van der Waals surface area contributed by atoms with Gasteiger partial charge in [-0.2, -0.15) is 4.31 Å². The summed E-state index contributed by atoms with van der Waals surface area (Å²) in [4.78, 5) is 16.7. The quantitative estimate of drug-likeness (QED) is 0.775. The fraction of sp³-hybridized carbons (Fsp3) is 0.611. The van der Waals surface area contributed by atoms with Gasteiger partial charge in [-0.1, -0.05) is 18.5 Å². The van der Waals surface area contributed by atoms with Crippen LogP contribution in [-0.4, -0.2) is 74.2 Å². The Morgan fingerprint density at radius 3 is 2.19 bits per heavy atom. The molecule has 0 N–H and O–H groups in total. The third-order valence-electron chi connectivity index (χ3n) is 5.28. The maximum atomic E-state index is 12.7. The first kappa shape index (κ1) is 19.6. The predicted octanol–water partition coefficient (Wildman–Crippen LogP) is 1.90. The summed E-state index contributed by atoms with van der Waals surface area (Å²) in [5.41, 5.74) is 0. The maximum absolute atomic E-state index is 12.7. The Morgan fingerprint density at radius 2 is 1.62 bits per heavy atom. The smallest absolute Gasteiger partial charge is 0.243 e. The van der Waals surface area contributed by atoms with E-state index in [2.05, 4.69) is 11.8 Å². The van der Waals surface area contributed by atoms with E-state index < -0.39 is 10.0 Å². The number of piperidine rings is 1. The Balaban J connectivity index is 1.53. The zero-order chi connectivity index (χ0) is 18.7. The molecule has 3 rings (SSSR count). The standard InChI is InChI=1S/C18H26ClN3O3S/c1-15-6-8-20(9-7-15)14-18(23)21-10-12-22(13-11-21)26(24,25)17-4-2-16(19)3-5-17/h2-5,15H,6-14H2,1H3. The Bertz CT molecular complexity index is 723. The van der Waals surface area contributed by atoms with Crippen LogP contribution in [-0.2, 0) is 14.8 Å². The summed E-state index contributed by atoms with van der Waals surface area (Å²) < 4.78 is 26.8. The minimum Gasteiger partial charge on any atom is -0.339 e. The number of sulfonamides is 1. The molecule has 0 saturated carbocycles. The van der Waals surface area contributed by atoms with Gasteiger partial charge >= 0.3 is 0 Å². The molecule has 0 aliphatic carbocycles. The first-order valence-electron chi connectivity index (χ1n) is 9.12. The van der Waals surface area contributed by atoms with Gasteiger partial charge in [0.2, 0.25) is 15.9 Å². The maximum Gasteiger partial charge on any atom is 0.243 e. The molecule has 1 amide bonds. The summed E-state index contributed by atoms with van der Waals surface area (Å²) in [6, 6.07) is 6.19. The van der Waals surface area contributed by atoms with E-state index in [1.165, 1.54) is 16.4 Å². The third kappa shape index (κ3) is 4.57. The number of hydrogen-bond donors (Lipinski definition) is 0. The number of hydrogen-bond acceptors (Lipinski definition) is 4. The highest BCUT2D eigenvalue weighted by atomic mass is 35.5. The molecule has 0 radical (unpaired) electrons. The van der Waals surface area contributed by atoms with Crippen LogP contribution in [0.3, 0.4) is 0 Å². The number of piperazine rings is 1. The Kier molecular flexibility index (Phi) is 6.22. The minimum absolute atomic E-state index is 0.100. The molecule has 0 atom stereocenters. The topological polar surface area (TPSA) is 60.9 Å². The lowest BCUT2D eigenvalue weighted by atomic mass is 9.99. The number of carbonyl (C=O) groups excluding carboxylic acids is 1. The second-order valence-electron chi connectivity index (χ2n) is 7.20. The third-order valence-corrected chi connectivity index (χ3v) is 7.44. The highest BCUT2D eigenvalue weighted by Crippen LogP contribution is 2.20. The van der Waals surface area contributed by atoms with Crippen LogP contribution in [0, 0.1) is 5.92 Å². The molecule has 0 aromatic heterocycles. The number of nitrogens with zero attached hydrogens (tertiary/aromatic N) is 3. The van der Waals surface area contributed by atoms with E-state index >= 15 is 0 Å². The van der Waals surface area contributed by atoms with Crippen molar-refractivity contribution in [3.05, 3.63) is 29.3 Å². The lowest BCUT2D eigenvalue weighted by Gasteiger charge is -2.36. The van der Waals surface area contributed by atoms with Crippen molar-refractivity contribution in [3.63, 3.8) is 0 Å². The summed E-state index contributed by atoms with van der Waals surface area (Å²) in [7, 11) is -3.53. The molecule has 26 heavy (non-hydrogen) atoms. The van der Waals surface area contributed by atoms with Gasteiger partial charge < -0.3 is 4.90 Å². The van der Waals surface area contributed by atoms with Gasteiger partial charge in [-0.25, -0.2) is 8.42 Å². The molecule has 0 spiro atoms. The van der Waals surface area contributed by atoms with Crippen molar-refractivity contribution in [2.45, 2.75) is 24.7 Å². The zero-order valence-electron chi connectivity index (χ0n) is 15.1. The van der Waals surface area contributed by atoms with Gasteiger partial charge in [-0.15, -0.1) is 0 Å². The van der Waals surface area contributed by atoms with Gasteiger partial charge in [0, 0.05) is 31.2 Å². The number of halogens is 1. The van der Waals surface area contributed by atoms with Gasteiger partial charge in [0.15, 0.2) is 0 Å². The van der Waals surface area contributed by atoms with Gasteiger partial charge in [0.25, 0.3) is 0 Å². The monoisotopic (exact) mass is 399 g/mol. The Morgan fingerprint density at radius 1 is 1.04 bits per heavy atom. The molecule has 1 aromatic rings. The summed E-state index contributed by atoms with van der Waals surface area (Å²) in [6.45, 7) is 6.17. The van der Waals surface area contributed by atoms with Crippen LogP contribution in [0.1, 0.15) is 19.8 Å². The van der Waals surface area contributed by atoms with Crippen molar-refractivity contribution in [1.29, 1.82) is 0 Å². The highest BCUT2D eigenvalue weighted by molar-refractivity contribution is 7.89. The molecule has 0 unspecified atom stereocenters. The van der Waals surface area contributed by atoms with Crippen molar-refractivity contribution in [3.8, 4) is 0 Å². The number of carbonyl (C=O) groups is 1. The second kappa shape index (κ2) is 8.25. The average molecular weight is 400 g/mol. The van der Waals surface area contributed by atoms with Gasteiger partial charge in [-0.05, 0) is 56.1 Å². The van der Waals surface area contributed by atoms with E-state index in [1.807, 2.05) is 0 Å². The van der Waals surface area contributed by atoms with Crippen LogP contribution in [0.25, 0.3) is 0 Å². The minimum atomic E-state index is -3.53. The van der Waals surface area contributed by atoms with E-state index in [4.69, 9.17) is 11.6 Å². The second-order valence-corrected chi connectivity index (χ2v) is 9.57. The van der Waals surface area contributed by atoms with E-state index in [0.29, 0.717) is 37.7 Å². The molecular weight excluding hydrogens is 374 g/mol. The lowest BCUT2D eigenvalue weighted by molar-refractivity contribution is -0.133. The number of rotatable bonds is 4. The summed E-state index contributed by atoms with van der Waals surface area (Å²) in [5.74, 6) is 0.839. The van der Waals surface area contributed by atoms with Gasteiger partial charge in [-0.3, -0.25) is 9.69 Å². The molecule has 6 nitrogen and oxygen atoms in total. The van der Waals surface area contributed by atoms with Crippen LogP contribution in [0.4, 0.5) is 0 Å². The molecule has 8 heteroatoms. The molecule has 2 aliphatic heterocycles.